The third-order valence-electron chi connectivity index (χ3n) is 4.28. The van der Waals surface area contributed by atoms with Gasteiger partial charge in [0.2, 0.25) is 5.89 Å². The van der Waals surface area contributed by atoms with Crippen LogP contribution in [0, 0.1) is 6.92 Å². The highest BCUT2D eigenvalue weighted by molar-refractivity contribution is 5.50. The van der Waals surface area contributed by atoms with E-state index in [4.69, 9.17) is 9.26 Å². The fraction of sp³-hybridized carbons (Fsp3) is 0.588. The molecule has 3 heterocycles. The number of ether oxygens (including phenoxy) is 1. The van der Waals surface area contributed by atoms with Crippen LogP contribution in [-0.4, -0.2) is 47.4 Å². The van der Waals surface area contributed by atoms with Crippen molar-refractivity contribution in [1.29, 1.82) is 0 Å². The van der Waals surface area contributed by atoms with Crippen LogP contribution in [0.5, 0.6) is 5.75 Å². The molecule has 0 aromatic carbocycles. The maximum Gasteiger partial charge on any atom is 0.266 e. The Labute approximate surface area is 142 Å². The normalized spacial score (nSPS) is 18.1. The first kappa shape index (κ1) is 16.5. The van der Waals surface area contributed by atoms with Gasteiger partial charge >= 0.3 is 0 Å². The van der Waals surface area contributed by atoms with Crippen molar-refractivity contribution in [2.45, 2.75) is 40.2 Å². The van der Waals surface area contributed by atoms with Gasteiger partial charge in [0.1, 0.15) is 11.6 Å². The van der Waals surface area contributed by atoms with Crippen LogP contribution in [0.2, 0.25) is 0 Å². The van der Waals surface area contributed by atoms with Crippen LogP contribution in [0.3, 0.4) is 0 Å². The fourth-order valence-electron chi connectivity index (χ4n) is 3.07. The molecule has 0 bridgehead atoms. The van der Waals surface area contributed by atoms with Crippen LogP contribution >= 0.6 is 0 Å². The minimum atomic E-state index is 0.286. The molecule has 0 aliphatic carbocycles. The molecule has 1 saturated heterocycles. The predicted octanol–water partition coefficient (Wildman–Crippen LogP) is 2.45. The third kappa shape index (κ3) is 3.29. The van der Waals surface area contributed by atoms with Gasteiger partial charge < -0.3 is 19.1 Å². The first-order chi connectivity index (χ1) is 11.6. The van der Waals surface area contributed by atoms with Crippen molar-refractivity contribution in [3.05, 3.63) is 23.7 Å². The number of pyridine rings is 1. The highest BCUT2D eigenvalue weighted by Crippen LogP contribution is 2.25. The van der Waals surface area contributed by atoms with Crippen LogP contribution in [0.4, 0.5) is 11.8 Å². The van der Waals surface area contributed by atoms with E-state index in [1.54, 1.807) is 6.20 Å². The van der Waals surface area contributed by atoms with Crippen molar-refractivity contribution in [2.24, 2.45) is 0 Å². The number of rotatable bonds is 5. The van der Waals surface area contributed by atoms with E-state index < -0.39 is 0 Å². The van der Waals surface area contributed by atoms with Crippen molar-refractivity contribution in [1.82, 2.24) is 15.1 Å². The SMILES string of the molecule is CCOc1cnc(N2CCN(c3noc(CC)n3)[C@@H](C)C2)c(C)c1. The highest BCUT2D eigenvalue weighted by atomic mass is 16.5. The Hall–Kier alpha value is -2.31. The van der Waals surface area contributed by atoms with Crippen LogP contribution in [0.25, 0.3) is 0 Å². The van der Waals surface area contributed by atoms with Gasteiger partial charge in [-0.05, 0) is 37.6 Å². The van der Waals surface area contributed by atoms with Crippen LogP contribution in [-0.2, 0) is 6.42 Å². The Morgan fingerprint density at radius 3 is 2.79 bits per heavy atom. The summed E-state index contributed by atoms with van der Waals surface area (Å²) in [6.45, 7) is 11.5. The second kappa shape index (κ2) is 7.07. The number of hydrogen-bond donors (Lipinski definition) is 0. The predicted molar refractivity (Wildman–Crippen MR) is 92.8 cm³/mol. The van der Waals surface area contributed by atoms with E-state index >= 15 is 0 Å². The molecule has 0 radical (unpaired) electrons. The molecular weight excluding hydrogens is 306 g/mol. The van der Waals surface area contributed by atoms with Gasteiger partial charge in [0.05, 0.1) is 12.8 Å². The minimum Gasteiger partial charge on any atom is -0.492 e. The van der Waals surface area contributed by atoms with Crippen molar-refractivity contribution >= 4 is 11.8 Å². The van der Waals surface area contributed by atoms with Gasteiger partial charge in [-0.1, -0.05) is 6.92 Å². The molecule has 130 valence electrons. The lowest BCUT2D eigenvalue weighted by Gasteiger charge is -2.40. The van der Waals surface area contributed by atoms with Gasteiger partial charge in [-0.25, -0.2) is 4.98 Å². The average molecular weight is 331 g/mol. The molecule has 0 amide bonds. The lowest BCUT2D eigenvalue weighted by molar-refractivity contribution is 0.338. The van der Waals surface area contributed by atoms with E-state index in [9.17, 15) is 0 Å². The molecule has 0 spiro atoms. The Morgan fingerprint density at radius 2 is 2.17 bits per heavy atom. The van der Waals surface area contributed by atoms with E-state index in [1.807, 2.05) is 13.8 Å². The first-order valence-electron chi connectivity index (χ1n) is 8.56. The molecule has 3 rings (SSSR count). The number of anilines is 2. The molecule has 7 nitrogen and oxygen atoms in total. The zero-order valence-corrected chi connectivity index (χ0v) is 14.8. The molecule has 0 N–H and O–H groups in total. The summed E-state index contributed by atoms with van der Waals surface area (Å²) >= 11 is 0. The van der Waals surface area contributed by atoms with E-state index in [-0.39, 0.29) is 6.04 Å². The fourth-order valence-corrected chi connectivity index (χ4v) is 3.07. The van der Waals surface area contributed by atoms with Crippen molar-refractivity contribution < 1.29 is 9.26 Å². The molecule has 2 aromatic heterocycles. The van der Waals surface area contributed by atoms with Crippen LogP contribution in [0.1, 0.15) is 32.2 Å². The van der Waals surface area contributed by atoms with Gasteiger partial charge in [0.25, 0.3) is 5.95 Å². The Bertz CT molecular complexity index is 687. The summed E-state index contributed by atoms with van der Waals surface area (Å²) in [5, 5.41) is 4.10. The summed E-state index contributed by atoms with van der Waals surface area (Å²) in [6, 6.07) is 2.34. The van der Waals surface area contributed by atoms with Gasteiger partial charge in [0.15, 0.2) is 0 Å². The van der Waals surface area contributed by atoms with Gasteiger partial charge in [-0.3, -0.25) is 0 Å². The van der Waals surface area contributed by atoms with Crippen molar-refractivity contribution in [3.8, 4) is 5.75 Å². The van der Waals surface area contributed by atoms with E-state index in [2.05, 4.69) is 44.8 Å². The monoisotopic (exact) mass is 331 g/mol. The second-order valence-electron chi connectivity index (χ2n) is 6.07. The second-order valence-corrected chi connectivity index (χ2v) is 6.07. The largest absolute Gasteiger partial charge is 0.492 e. The maximum absolute atomic E-state index is 5.52. The lowest BCUT2D eigenvalue weighted by atomic mass is 10.1. The van der Waals surface area contributed by atoms with Gasteiger partial charge in [-0.15, -0.1) is 0 Å². The molecule has 0 unspecified atom stereocenters. The maximum atomic E-state index is 5.52. The molecule has 1 atom stereocenters. The molecule has 1 aliphatic rings. The number of hydrogen-bond acceptors (Lipinski definition) is 7. The zero-order chi connectivity index (χ0) is 17.1. The standard InChI is InChI=1S/C17H25N5O2/c1-5-15-19-17(20-24-15)22-8-7-21(11-13(22)4)16-12(3)9-14(10-18-16)23-6-2/h9-10,13H,5-8,11H2,1-4H3/t13-/m0/s1. The highest BCUT2D eigenvalue weighted by Gasteiger charge is 2.28. The van der Waals surface area contributed by atoms with E-state index in [0.717, 1.165) is 43.2 Å². The third-order valence-corrected chi connectivity index (χ3v) is 4.28. The average Bonchev–Trinajstić information content (AvgIpc) is 3.04. The summed E-state index contributed by atoms with van der Waals surface area (Å²) in [5.74, 6) is 3.22. The topological polar surface area (TPSA) is 67.5 Å². The summed E-state index contributed by atoms with van der Waals surface area (Å²) in [4.78, 5) is 13.6. The molecule has 0 saturated carbocycles. The summed E-state index contributed by atoms with van der Waals surface area (Å²) < 4.78 is 10.8. The molecular formula is C17H25N5O2. The number of nitrogens with zero attached hydrogens (tertiary/aromatic N) is 5. The van der Waals surface area contributed by atoms with E-state index in [0.29, 0.717) is 18.4 Å². The summed E-state index contributed by atoms with van der Waals surface area (Å²) in [5.41, 5.74) is 1.13. The molecule has 24 heavy (non-hydrogen) atoms. The summed E-state index contributed by atoms with van der Waals surface area (Å²) in [6.07, 6.45) is 2.56. The Balaban J connectivity index is 1.71. The minimum absolute atomic E-state index is 0.286. The van der Waals surface area contributed by atoms with Crippen molar-refractivity contribution in [3.63, 3.8) is 0 Å². The number of aromatic nitrogens is 3. The lowest BCUT2D eigenvalue weighted by Crippen LogP contribution is -2.53. The van der Waals surface area contributed by atoms with Gasteiger partial charge in [0, 0.05) is 32.1 Å². The molecule has 2 aromatic rings. The first-order valence-corrected chi connectivity index (χ1v) is 8.56. The van der Waals surface area contributed by atoms with Gasteiger partial charge in [-0.2, -0.15) is 4.98 Å². The van der Waals surface area contributed by atoms with Crippen LogP contribution in [0.15, 0.2) is 16.8 Å². The van der Waals surface area contributed by atoms with Crippen LogP contribution < -0.4 is 14.5 Å². The van der Waals surface area contributed by atoms with E-state index in [1.165, 1.54) is 0 Å². The summed E-state index contributed by atoms with van der Waals surface area (Å²) in [7, 11) is 0. The quantitative estimate of drug-likeness (QED) is 0.833. The molecule has 7 heteroatoms. The Kier molecular flexibility index (Phi) is 4.87. The smallest absolute Gasteiger partial charge is 0.266 e. The molecule has 1 fully saturated rings. The molecule has 1 aliphatic heterocycles. The van der Waals surface area contributed by atoms with Crippen molar-refractivity contribution in [2.75, 3.05) is 36.0 Å². The zero-order valence-electron chi connectivity index (χ0n) is 14.8. The number of aryl methyl sites for hydroxylation is 2. The number of piperazine rings is 1. The Morgan fingerprint density at radius 1 is 1.33 bits per heavy atom.